The highest BCUT2D eigenvalue weighted by Gasteiger charge is 2.32. The van der Waals surface area contributed by atoms with Crippen molar-refractivity contribution in [3.05, 3.63) is 35.4 Å². The Bertz CT molecular complexity index is 475. The van der Waals surface area contributed by atoms with Crippen molar-refractivity contribution in [3.63, 3.8) is 0 Å². The van der Waals surface area contributed by atoms with Crippen molar-refractivity contribution in [3.8, 4) is 5.75 Å². The standard InChI is InChI=1S/C12H11NO3/c1-2-13-11-8-5-3-4-6-10(8)16-12(15)9(11)7-14/h3-6,11,13H,2H2,1H3. The van der Waals surface area contributed by atoms with Crippen LogP contribution in [0, 0.1) is 0 Å². The van der Waals surface area contributed by atoms with E-state index >= 15 is 0 Å². The highest BCUT2D eigenvalue weighted by Crippen LogP contribution is 2.34. The minimum absolute atomic E-state index is 0.000509. The van der Waals surface area contributed by atoms with Gasteiger partial charge in [0.05, 0.1) is 6.04 Å². The number of carbonyl (C=O) groups excluding carboxylic acids is 2. The van der Waals surface area contributed by atoms with E-state index in [1.54, 1.807) is 18.1 Å². The Morgan fingerprint density at radius 3 is 2.88 bits per heavy atom. The summed E-state index contributed by atoms with van der Waals surface area (Å²) < 4.78 is 5.03. The maximum Gasteiger partial charge on any atom is 0.352 e. The quantitative estimate of drug-likeness (QED) is 0.348. The van der Waals surface area contributed by atoms with E-state index in [9.17, 15) is 9.59 Å². The summed E-state index contributed by atoms with van der Waals surface area (Å²) in [5.41, 5.74) is 0.794. The largest absolute Gasteiger partial charge is 0.422 e. The first-order valence-electron chi connectivity index (χ1n) is 5.07. The van der Waals surface area contributed by atoms with E-state index in [0.29, 0.717) is 12.3 Å². The Morgan fingerprint density at radius 1 is 1.44 bits per heavy atom. The number of carbonyl (C=O) groups is 1. The summed E-state index contributed by atoms with van der Waals surface area (Å²) in [6.45, 7) is 2.56. The molecule has 0 saturated heterocycles. The molecule has 1 N–H and O–H groups in total. The van der Waals surface area contributed by atoms with Gasteiger partial charge in [-0.05, 0) is 12.6 Å². The minimum atomic E-state index is -0.625. The summed E-state index contributed by atoms with van der Waals surface area (Å²) in [7, 11) is 0. The van der Waals surface area contributed by atoms with Crippen LogP contribution in [0.3, 0.4) is 0 Å². The second kappa shape index (κ2) is 4.31. The molecular formula is C12H11NO3. The van der Waals surface area contributed by atoms with Gasteiger partial charge in [0.15, 0.2) is 0 Å². The summed E-state index contributed by atoms with van der Waals surface area (Å²) in [5, 5.41) is 3.07. The first kappa shape index (κ1) is 10.6. The number of esters is 1. The van der Waals surface area contributed by atoms with Crippen molar-refractivity contribution in [1.82, 2.24) is 5.32 Å². The monoisotopic (exact) mass is 217 g/mol. The molecule has 16 heavy (non-hydrogen) atoms. The summed E-state index contributed by atoms with van der Waals surface area (Å²) in [4.78, 5) is 22.3. The van der Waals surface area contributed by atoms with Gasteiger partial charge in [0.1, 0.15) is 17.3 Å². The van der Waals surface area contributed by atoms with Crippen molar-refractivity contribution in [2.24, 2.45) is 0 Å². The molecule has 1 atom stereocenters. The summed E-state index contributed by atoms with van der Waals surface area (Å²) in [6.07, 6.45) is 0. The average Bonchev–Trinajstić information content (AvgIpc) is 2.29. The van der Waals surface area contributed by atoms with Gasteiger partial charge in [-0.2, -0.15) is 0 Å². The predicted molar refractivity (Wildman–Crippen MR) is 57.7 cm³/mol. The third-order valence-electron chi connectivity index (χ3n) is 2.46. The molecule has 1 aliphatic heterocycles. The van der Waals surface area contributed by atoms with Crippen molar-refractivity contribution in [1.29, 1.82) is 0 Å². The van der Waals surface area contributed by atoms with Crippen LogP contribution in [0.4, 0.5) is 0 Å². The molecule has 1 heterocycles. The highest BCUT2D eigenvalue weighted by molar-refractivity contribution is 6.01. The molecule has 82 valence electrons. The Kier molecular flexibility index (Phi) is 2.86. The molecule has 0 saturated carbocycles. The zero-order valence-electron chi connectivity index (χ0n) is 8.82. The normalized spacial score (nSPS) is 18.7. The van der Waals surface area contributed by atoms with Gasteiger partial charge in [-0.15, -0.1) is 0 Å². The van der Waals surface area contributed by atoms with Gasteiger partial charge in [-0.3, -0.25) is 0 Å². The molecule has 0 fully saturated rings. The molecule has 4 nitrogen and oxygen atoms in total. The van der Waals surface area contributed by atoms with E-state index in [1.807, 2.05) is 19.1 Å². The fourth-order valence-electron chi connectivity index (χ4n) is 1.76. The average molecular weight is 217 g/mol. The highest BCUT2D eigenvalue weighted by atomic mass is 16.5. The molecule has 1 unspecified atom stereocenters. The number of fused-ring (bicyclic) bond motifs is 1. The molecule has 0 bridgehead atoms. The predicted octanol–water partition coefficient (Wildman–Crippen LogP) is 1.01. The van der Waals surface area contributed by atoms with Gasteiger partial charge < -0.3 is 10.1 Å². The number of likely N-dealkylation sites (N-methyl/N-ethyl adjacent to an activating group) is 1. The molecule has 1 aromatic carbocycles. The zero-order valence-corrected chi connectivity index (χ0v) is 8.82. The lowest BCUT2D eigenvalue weighted by Crippen LogP contribution is -2.33. The van der Waals surface area contributed by atoms with Gasteiger partial charge in [-0.25, -0.2) is 9.59 Å². The summed E-state index contributed by atoms with van der Waals surface area (Å²) >= 11 is 0. The van der Waals surface area contributed by atoms with Crippen molar-refractivity contribution < 1.29 is 14.3 Å². The van der Waals surface area contributed by atoms with Crippen LogP contribution < -0.4 is 10.1 Å². The van der Waals surface area contributed by atoms with Crippen LogP contribution in [0.15, 0.2) is 29.8 Å². The van der Waals surface area contributed by atoms with Gasteiger partial charge in [0, 0.05) is 5.56 Å². The molecular weight excluding hydrogens is 206 g/mol. The third-order valence-corrected chi connectivity index (χ3v) is 2.46. The molecule has 0 radical (unpaired) electrons. The fourth-order valence-corrected chi connectivity index (χ4v) is 1.76. The first-order chi connectivity index (χ1) is 7.77. The van der Waals surface area contributed by atoms with E-state index in [4.69, 9.17) is 4.74 Å². The van der Waals surface area contributed by atoms with Gasteiger partial charge in [0.25, 0.3) is 0 Å². The second-order valence-electron chi connectivity index (χ2n) is 3.43. The van der Waals surface area contributed by atoms with Crippen LogP contribution in [-0.4, -0.2) is 18.5 Å². The number of benzene rings is 1. The van der Waals surface area contributed by atoms with E-state index in [1.165, 1.54) is 0 Å². The van der Waals surface area contributed by atoms with Crippen LogP contribution in [0.25, 0.3) is 0 Å². The van der Waals surface area contributed by atoms with Crippen molar-refractivity contribution in [2.45, 2.75) is 13.0 Å². The number of ether oxygens (including phenoxy) is 1. The van der Waals surface area contributed by atoms with Crippen LogP contribution in [0.5, 0.6) is 5.75 Å². The Morgan fingerprint density at radius 2 is 2.19 bits per heavy atom. The van der Waals surface area contributed by atoms with Crippen LogP contribution in [0.1, 0.15) is 18.5 Å². The fraction of sp³-hybridized carbons (Fsp3) is 0.250. The third kappa shape index (κ3) is 1.65. The van der Waals surface area contributed by atoms with E-state index in [0.717, 1.165) is 5.56 Å². The molecule has 0 amide bonds. The van der Waals surface area contributed by atoms with Crippen LogP contribution in [0.2, 0.25) is 0 Å². The SMILES string of the molecule is CCNC1C(=C=O)C(=O)Oc2ccccc21. The lowest BCUT2D eigenvalue weighted by Gasteiger charge is -2.25. The van der Waals surface area contributed by atoms with Crippen LogP contribution >= 0.6 is 0 Å². The molecule has 0 aromatic heterocycles. The van der Waals surface area contributed by atoms with Crippen LogP contribution in [-0.2, 0) is 9.59 Å². The Balaban J connectivity index is 2.52. The lowest BCUT2D eigenvalue weighted by molar-refractivity contribution is -0.131. The Hall–Kier alpha value is -1.90. The topological polar surface area (TPSA) is 55.4 Å². The molecule has 1 aliphatic rings. The number of para-hydroxylation sites is 1. The maximum absolute atomic E-state index is 11.5. The van der Waals surface area contributed by atoms with E-state index in [-0.39, 0.29) is 5.57 Å². The molecule has 0 spiro atoms. The van der Waals surface area contributed by atoms with E-state index < -0.39 is 12.0 Å². The molecule has 2 rings (SSSR count). The van der Waals surface area contributed by atoms with E-state index in [2.05, 4.69) is 5.32 Å². The van der Waals surface area contributed by atoms with Crippen molar-refractivity contribution >= 4 is 11.9 Å². The Labute approximate surface area is 92.9 Å². The molecule has 4 heteroatoms. The maximum atomic E-state index is 11.5. The minimum Gasteiger partial charge on any atom is -0.422 e. The molecule has 1 aromatic rings. The number of hydrogen-bond donors (Lipinski definition) is 1. The first-order valence-corrected chi connectivity index (χ1v) is 5.07. The number of nitrogens with one attached hydrogen (secondary N) is 1. The van der Waals surface area contributed by atoms with Crippen molar-refractivity contribution in [2.75, 3.05) is 6.54 Å². The lowest BCUT2D eigenvalue weighted by atomic mass is 9.96. The summed E-state index contributed by atoms with van der Waals surface area (Å²) in [5.74, 6) is 1.53. The summed E-state index contributed by atoms with van der Waals surface area (Å²) in [6, 6.07) is 6.74. The second-order valence-corrected chi connectivity index (χ2v) is 3.43. The van der Waals surface area contributed by atoms with Gasteiger partial charge in [0.2, 0.25) is 0 Å². The van der Waals surface area contributed by atoms with Gasteiger partial charge >= 0.3 is 5.97 Å². The number of rotatable bonds is 2. The number of hydrogen-bond acceptors (Lipinski definition) is 4. The zero-order chi connectivity index (χ0) is 11.5. The van der Waals surface area contributed by atoms with Gasteiger partial charge in [-0.1, -0.05) is 25.1 Å². The molecule has 0 aliphatic carbocycles. The smallest absolute Gasteiger partial charge is 0.352 e.